The van der Waals surface area contributed by atoms with Crippen LogP contribution in [-0.2, 0) is 6.54 Å². The van der Waals surface area contributed by atoms with E-state index in [0.29, 0.717) is 18.0 Å². The van der Waals surface area contributed by atoms with E-state index in [1.54, 1.807) is 0 Å². The van der Waals surface area contributed by atoms with E-state index in [4.69, 9.17) is 5.73 Å². The lowest BCUT2D eigenvalue weighted by molar-refractivity contribution is 0.136. The largest absolute Gasteiger partial charge is 0.393 e. The van der Waals surface area contributed by atoms with E-state index in [1.165, 1.54) is 0 Å². The van der Waals surface area contributed by atoms with Gasteiger partial charge in [0.15, 0.2) is 0 Å². The smallest absolute Gasteiger partial charge is 0.101 e. The molecule has 3 N–H and O–H groups in total. The zero-order valence-electron chi connectivity index (χ0n) is 10.6. The number of nitrogens with two attached hydrogens (primary N) is 1. The van der Waals surface area contributed by atoms with Gasteiger partial charge in [-0.05, 0) is 31.0 Å². The van der Waals surface area contributed by atoms with E-state index in [0.717, 1.165) is 30.8 Å². The summed E-state index contributed by atoms with van der Waals surface area (Å²) in [5, 5.41) is 18.8. The molecule has 2 unspecified atom stereocenters. The normalized spacial score (nSPS) is 20.8. The predicted molar refractivity (Wildman–Crippen MR) is 71.0 cm³/mol. The molecular weight excluding hydrogens is 226 g/mol. The fourth-order valence-electron chi connectivity index (χ4n) is 2.48. The third-order valence-corrected chi connectivity index (χ3v) is 3.66. The Bertz CT molecular complexity index is 465. The highest BCUT2D eigenvalue weighted by Crippen LogP contribution is 2.28. The summed E-state index contributed by atoms with van der Waals surface area (Å²) in [6.07, 6.45) is 0.685. The Morgan fingerprint density at radius 2 is 2.39 bits per heavy atom. The lowest BCUT2D eigenvalue weighted by Crippen LogP contribution is -2.24. The van der Waals surface area contributed by atoms with Crippen molar-refractivity contribution in [1.29, 1.82) is 5.26 Å². The van der Waals surface area contributed by atoms with Gasteiger partial charge >= 0.3 is 0 Å². The molecule has 1 heterocycles. The SMILES string of the molecule is CC(O)C1CCN(c2ccc(CN)cc2C#N)C1. The average Bonchev–Trinajstić information content (AvgIpc) is 2.87. The highest BCUT2D eigenvalue weighted by molar-refractivity contribution is 5.61. The van der Waals surface area contributed by atoms with Crippen molar-refractivity contribution in [3.8, 4) is 6.07 Å². The van der Waals surface area contributed by atoms with Gasteiger partial charge in [0.1, 0.15) is 6.07 Å². The summed E-state index contributed by atoms with van der Waals surface area (Å²) < 4.78 is 0. The van der Waals surface area contributed by atoms with Gasteiger partial charge in [-0.15, -0.1) is 0 Å². The van der Waals surface area contributed by atoms with Crippen molar-refractivity contribution in [2.24, 2.45) is 11.7 Å². The van der Waals surface area contributed by atoms with E-state index in [1.807, 2.05) is 25.1 Å². The van der Waals surface area contributed by atoms with Crippen LogP contribution in [0.3, 0.4) is 0 Å². The first kappa shape index (κ1) is 12.9. The molecule has 1 aromatic carbocycles. The Morgan fingerprint density at radius 1 is 1.61 bits per heavy atom. The summed E-state index contributed by atoms with van der Waals surface area (Å²) in [4.78, 5) is 2.18. The van der Waals surface area contributed by atoms with Crippen LogP contribution in [-0.4, -0.2) is 24.3 Å². The second-order valence-electron chi connectivity index (χ2n) is 4.90. The molecule has 1 fully saturated rings. The van der Waals surface area contributed by atoms with Gasteiger partial charge in [-0.25, -0.2) is 0 Å². The minimum atomic E-state index is -0.288. The minimum absolute atomic E-state index is 0.288. The van der Waals surface area contributed by atoms with Crippen LogP contribution >= 0.6 is 0 Å². The highest BCUT2D eigenvalue weighted by atomic mass is 16.3. The molecule has 2 rings (SSSR count). The molecule has 0 bridgehead atoms. The molecule has 0 radical (unpaired) electrons. The Hall–Kier alpha value is -1.57. The monoisotopic (exact) mass is 245 g/mol. The lowest BCUT2D eigenvalue weighted by atomic mass is 10.0. The molecule has 0 aromatic heterocycles. The number of aliphatic hydroxyl groups is 1. The molecule has 96 valence electrons. The van der Waals surface area contributed by atoms with Crippen molar-refractivity contribution in [2.75, 3.05) is 18.0 Å². The van der Waals surface area contributed by atoms with Gasteiger partial charge < -0.3 is 15.7 Å². The van der Waals surface area contributed by atoms with Crippen LogP contribution < -0.4 is 10.6 Å². The number of nitrogens with zero attached hydrogens (tertiary/aromatic N) is 2. The van der Waals surface area contributed by atoms with Crippen LogP contribution in [0.25, 0.3) is 0 Å². The fraction of sp³-hybridized carbons (Fsp3) is 0.500. The quantitative estimate of drug-likeness (QED) is 0.840. The second-order valence-corrected chi connectivity index (χ2v) is 4.90. The van der Waals surface area contributed by atoms with Gasteiger partial charge in [0, 0.05) is 25.6 Å². The van der Waals surface area contributed by atoms with E-state index >= 15 is 0 Å². The third-order valence-electron chi connectivity index (χ3n) is 3.66. The summed E-state index contributed by atoms with van der Waals surface area (Å²) in [6.45, 7) is 3.99. The van der Waals surface area contributed by atoms with Gasteiger partial charge in [-0.3, -0.25) is 0 Å². The average molecular weight is 245 g/mol. The van der Waals surface area contributed by atoms with Crippen molar-refractivity contribution in [1.82, 2.24) is 0 Å². The minimum Gasteiger partial charge on any atom is -0.393 e. The molecule has 1 aliphatic heterocycles. The Morgan fingerprint density at radius 3 is 2.94 bits per heavy atom. The summed E-state index contributed by atoms with van der Waals surface area (Å²) >= 11 is 0. The predicted octanol–water partition coefficient (Wildman–Crippen LogP) is 1.22. The van der Waals surface area contributed by atoms with Crippen LogP contribution in [0.15, 0.2) is 18.2 Å². The first-order valence-electron chi connectivity index (χ1n) is 6.31. The van der Waals surface area contributed by atoms with E-state index in [-0.39, 0.29) is 6.10 Å². The molecule has 1 saturated heterocycles. The number of rotatable bonds is 3. The number of aliphatic hydroxyl groups excluding tert-OH is 1. The van der Waals surface area contributed by atoms with Crippen molar-refractivity contribution in [3.05, 3.63) is 29.3 Å². The Kier molecular flexibility index (Phi) is 3.85. The van der Waals surface area contributed by atoms with Crippen LogP contribution in [0.1, 0.15) is 24.5 Å². The van der Waals surface area contributed by atoms with E-state index < -0.39 is 0 Å². The molecule has 0 amide bonds. The van der Waals surface area contributed by atoms with Crippen LogP contribution in [0.2, 0.25) is 0 Å². The molecule has 1 aliphatic rings. The second kappa shape index (κ2) is 5.38. The van der Waals surface area contributed by atoms with Gasteiger partial charge in [0.25, 0.3) is 0 Å². The van der Waals surface area contributed by atoms with Gasteiger partial charge in [-0.2, -0.15) is 5.26 Å². The first-order valence-corrected chi connectivity index (χ1v) is 6.31. The summed E-state index contributed by atoms with van der Waals surface area (Å²) in [6, 6.07) is 8.01. The Labute approximate surface area is 108 Å². The molecule has 0 saturated carbocycles. The zero-order valence-corrected chi connectivity index (χ0v) is 10.6. The van der Waals surface area contributed by atoms with Crippen LogP contribution in [0, 0.1) is 17.2 Å². The molecule has 4 heteroatoms. The fourth-order valence-corrected chi connectivity index (χ4v) is 2.48. The number of nitriles is 1. The summed E-state index contributed by atoms with van der Waals surface area (Å²) in [5.41, 5.74) is 8.18. The van der Waals surface area contributed by atoms with Gasteiger partial charge in [0.2, 0.25) is 0 Å². The van der Waals surface area contributed by atoms with Gasteiger partial charge in [0.05, 0.1) is 17.4 Å². The first-order chi connectivity index (χ1) is 8.65. The van der Waals surface area contributed by atoms with Crippen molar-refractivity contribution < 1.29 is 5.11 Å². The van der Waals surface area contributed by atoms with E-state index in [2.05, 4.69) is 11.0 Å². The number of anilines is 1. The summed E-state index contributed by atoms with van der Waals surface area (Å²) in [5.74, 6) is 0.297. The van der Waals surface area contributed by atoms with Crippen LogP contribution in [0.5, 0.6) is 0 Å². The molecule has 0 aliphatic carbocycles. The van der Waals surface area contributed by atoms with Crippen molar-refractivity contribution in [3.63, 3.8) is 0 Å². The maximum Gasteiger partial charge on any atom is 0.101 e. The molecular formula is C14H19N3O. The van der Waals surface area contributed by atoms with E-state index in [9.17, 15) is 10.4 Å². The van der Waals surface area contributed by atoms with Gasteiger partial charge in [-0.1, -0.05) is 6.07 Å². The lowest BCUT2D eigenvalue weighted by Gasteiger charge is -2.21. The zero-order chi connectivity index (χ0) is 13.1. The van der Waals surface area contributed by atoms with Crippen molar-refractivity contribution in [2.45, 2.75) is 26.0 Å². The maximum atomic E-state index is 9.62. The molecule has 0 spiro atoms. The third kappa shape index (κ3) is 2.47. The standard InChI is InChI=1S/C14H19N3O/c1-10(18)12-4-5-17(9-12)14-3-2-11(7-15)6-13(14)8-16/h2-3,6,10,12,18H,4-5,7,9,15H2,1H3. The summed E-state index contributed by atoms with van der Waals surface area (Å²) in [7, 11) is 0. The molecule has 4 nitrogen and oxygen atoms in total. The number of hydrogen-bond donors (Lipinski definition) is 2. The van der Waals surface area contributed by atoms with Crippen LogP contribution in [0.4, 0.5) is 5.69 Å². The number of benzene rings is 1. The number of hydrogen-bond acceptors (Lipinski definition) is 4. The van der Waals surface area contributed by atoms with Crippen molar-refractivity contribution >= 4 is 5.69 Å². The maximum absolute atomic E-state index is 9.62. The topological polar surface area (TPSA) is 73.3 Å². The molecule has 18 heavy (non-hydrogen) atoms. The highest BCUT2D eigenvalue weighted by Gasteiger charge is 2.27. The molecule has 2 atom stereocenters. The molecule has 1 aromatic rings. The Balaban J connectivity index is 2.22.